The van der Waals surface area contributed by atoms with Crippen molar-refractivity contribution >= 4 is 5.97 Å². The Morgan fingerprint density at radius 1 is 0.938 bits per heavy atom. The first-order valence-electron chi connectivity index (χ1n) is 11.5. The van der Waals surface area contributed by atoms with Gasteiger partial charge in [-0.05, 0) is 67.5 Å². The number of pyridine rings is 1. The van der Waals surface area contributed by atoms with Crippen molar-refractivity contribution in [2.24, 2.45) is 0 Å². The van der Waals surface area contributed by atoms with E-state index in [0.29, 0.717) is 12.2 Å². The average molecular weight is 434 g/mol. The van der Waals surface area contributed by atoms with Gasteiger partial charge in [0.05, 0.1) is 5.69 Å². The van der Waals surface area contributed by atoms with Crippen LogP contribution in [0.25, 0.3) is 22.4 Å². The molecule has 0 bridgehead atoms. The average Bonchev–Trinajstić information content (AvgIpc) is 2.82. The predicted molar refractivity (Wildman–Crippen MR) is 128 cm³/mol. The largest absolute Gasteiger partial charge is 0.424 e. The molecule has 0 aliphatic rings. The lowest BCUT2D eigenvalue weighted by Crippen LogP contribution is -2.34. The number of esters is 1. The maximum atomic E-state index is 14.6. The van der Waals surface area contributed by atoms with Crippen LogP contribution in [0.2, 0.25) is 0 Å². The minimum absolute atomic E-state index is 0.165. The van der Waals surface area contributed by atoms with Crippen LogP contribution in [0, 0.1) is 0 Å². The Balaban J connectivity index is 1.78. The highest BCUT2D eigenvalue weighted by Gasteiger charge is 2.34. The second-order valence-corrected chi connectivity index (χ2v) is 8.42. The molecule has 0 aliphatic heterocycles. The van der Waals surface area contributed by atoms with Gasteiger partial charge in [0.2, 0.25) is 5.67 Å². The van der Waals surface area contributed by atoms with Gasteiger partial charge in [-0.25, -0.2) is 9.18 Å². The highest BCUT2D eigenvalue weighted by Crippen LogP contribution is 2.32. The summed E-state index contributed by atoms with van der Waals surface area (Å²) < 4.78 is 19.9. The molecule has 4 heteroatoms. The lowest BCUT2D eigenvalue weighted by atomic mass is 9.97. The number of benzene rings is 2. The van der Waals surface area contributed by atoms with Crippen molar-refractivity contribution in [1.82, 2.24) is 4.98 Å². The Bertz CT molecular complexity index is 1010. The van der Waals surface area contributed by atoms with Crippen molar-refractivity contribution in [2.45, 2.75) is 65.0 Å². The van der Waals surface area contributed by atoms with E-state index in [-0.39, 0.29) is 6.42 Å². The van der Waals surface area contributed by atoms with E-state index in [0.717, 1.165) is 41.6 Å². The van der Waals surface area contributed by atoms with E-state index in [1.54, 1.807) is 12.1 Å². The monoisotopic (exact) mass is 433 g/mol. The molecule has 0 amide bonds. The predicted octanol–water partition coefficient (Wildman–Crippen LogP) is 7.58. The van der Waals surface area contributed by atoms with Crippen LogP contribution in [0.3, 0.4) is 0 Å². The summed E-state index contributed by atoms with van der Waals surface area (Å²) in [6, 6.07) is 19.5. The molecule has 3 aromatic rings. The number of ether oxygens (including phenoxy) is 1. The van der Waals surface area contributed by atoms with Gasteiger partial charge in [-0.15, -0.1) is 0 Å². The van der Waals surface area contributed by atoms with Crippen molar-refractivity contribution in [2.75, 3.05) is 0 Å². The first-order valence-corrected chi connectivity index (χ1v) is 11.5. The summed E-state index contributed by atoms with van der Waals surface area (Å²) in [6.07, 6.45) is 6.97. The third-order valence-electron chi connectivity index (χ3n) is 5.65. The zero-order valence-corrected chi connectivity index (χ0v) is 19.2. The van der Waals surface area contributed by atoms with Crippen LogP contribution in [0.5, 0.6) is 5.75 Å². The second-order valence-electron chi connectivity index (χ2n) is 8.42. The van der Waals surface area contributed by atoms with Gasteiger partial charge in [0, 0.05) is 11.8 Å². The number of aromatic nitrogens is 1. The van der Waals surface area contributed by atoms with E-state index in [1.165, 1.54) is 18.9 Å². The van der Waals surface area contributed by atoms with Gasteiger partial charge in [-0.2, -0.15) is 0 Å². The Labute approximate surface area is 190 Å². The molecule has 1 aromatic heterocycles. The van der Waals surface area contributed by atoms with Crippen LogP contribution in [0.15, 0.2) is 66.9 Å². The first-order chi connectivity index (χ1) is 15.4. The van der Waals surface area contributed by atoms with Gasteiger partial charge in [0.25, 0.3) is 0 Å². The van der Waals surface area contributed by atoms with Crippen LogP contribution in [-0.2, 0) is 11.2 Å². The molecule has 0 saturated heterocycles. The van der Waals surface area contributed by atoms with E-state index in [4.69, 9.17) is 4.74 Å². The summed E-state index contributed by atoms with van der Waals surface area (Å²) in [5, 5.41) is 0. The van der Waals surface area contributed by atoms with Crippen LogP contribution in [0.1, 0.15) is 58.4 Å². The molecule has 0 fully saturated rings. The molecule has 3 nitrogen and oxygen atoms in total. The van der Waals surface area contributed by atoms with Crippen LogP contribution in [0.4, 0.5) is 4.39 Å². The highest BCUT2D eigenvalue weighted by molar-refractivity contribution is 5.83. The molecule has 0 spiro atoms. The van der Waals surface area contributed by atoms with Gasteiger partial charge in [0.1, 0.15) is 5.75 Å². The van der Waals surface area contributed by atoms with E-state index in [9.17, 15) is 9.18 Å². The maximum absolute atomic E-state index is 14.6. The van der Waals surface area contributed by atoms with Gasteiger partial charge < -0.3 is 4.74 Å². The van der Waals surface area contributed by atoms with Crippen molar-refractivity contribution in [3.8, 4) is 28.1 Å². The number of halogens is 1. The summed E-state index contributed by atoms with van der Waals surface area (Å²) in [4.78, 5) is 16.9. The fourth-order valence-electron chi connectivity index (χ4n) is 3.60. The SMILES string of the molecule is CCCCc1ccc(-c2ccccc2-c2ccc(OC(=O)C(C)(F)CCCC)cc2)nc1. The van der Waals surface area contributed by atoms with Crippen LogP contribution in [-0.4, -0.2) is 16.6 Å². The number of carbonyl (C=O) groups is 1. The van der Waals surface area contributed by atoms with Crippen LogP contribution < -0.4 is 4.74 Å². The van der Waals surface area contributed by atoms with Crippen molar-refractivity contribution in [3.63, 3.8) is 0 Å². The second kappa shape index (κ2) is 11.0. The van der Waals surface area contributed by atoms with Gasteiger partial charge >= 0.3 is 5.97 Å². The molecule has 0 radical (unpaired) electrons. The van der Waals surface area contributed by atoms with Gasteiger partial charge in [-0.3, -0.25) is 4.98 Å². The number of nitrogens with zero attached hydrogens (tertiary/aromatic N) is 1. The summed E-state index contributed by atoms with van der Waals surface area (Å²) in [5.41, 5.74) is 3.24. The lowest BCUT2D eigenvalue weighted by molar-refractivity contribution is -0.147. The molecule has 32 heavy (non-hydrogen) atoms. The Morgan fingerprint density at radius 3 is 2.25 bits per heavy atom. The minimum Gasteiger partial charge on any atom is -0.424 e. The summed E-state index contributed by atoms with van der Waals surface area (Å²) in [5.74, 6) is -0.499. The summed E-state index contributed by atoms with van der Waals surface area (Å²) >= 11 is 0. The smallest absolute Gasteiger partial charge is 0.348 e. The molecule has 1 unspecified atom stereocenters. The highest BCUT2D eigenvalue weighted by atomic mass is 19.1. The van der Waals surface area contributed by atoms with Crippen molar-refractivity contribution in [3.05, 3.63) is 72.4 Å². The number of hydrogen-bond donors (Lipinski definition) is 0. The standard InChI is InChI=1S/C28H32FNO2/c1-4-6-10-21-13-18-26(30-20-21)25-12-9-8-11-24(25)22-14-16-23(17-15-22)32-27(31)28(3,29)19-7-5-2/h8-9,11-18,20H,4-7,10,19H2,1-3H3. The zero-order chi connectivity index (χ0) is 23.0. The third-order valence-corrected chi connectivity index (χ3v) is 5.65. The van der Waals surface area contributed by atoms with E-state index < -0.39 is 11.6 Å². The minimum atomic E-state index is -1.98. The first kappa shape index (κ1) is 23.6. The summed E-state index contributed by atoms with van der Waals surface area (Å²) in [7, 11) is 0. The molecule has 0 saturated carbocycles. The number of aryl methyl sites for hydroxylation is 1. The number of rotatable bonds is 10. The van der Waals surface area contributed by atoms with E-state index in [1.807, 2.05) is 43.5 Å². The number of unbranched alkanes of at least 4 members (excludes halogenated alkanes) is 2. The fourth-order valence-corrected chi connectivity index (χ4v) is 3.60. The number of alkyl halides is 1. The molecule has 1 atom stereocenters. The Hall–Kier alpha value is -3.01. The zero-order valence-electron chi connectivity index (χ0n) is 19.2. The molecule has 168 valence electrons. The molecule has 0 aliphatic carbocycles. The molecule has 2 aromatic carbocycles. The Morgan fingerprint density at radius 2 is 1.62 bits per heavy atom. The quantitative estimate of drug-likeness (QED) is 0.244. The molecule has 1 heterocycles. The third kappa shape index (κ3) is 6.03. The Kier molecular flexibility index (Phi) is 8.15. The van der Waals surface area contributed by atoms with E-state index >= 15 is 0 Å². The normalized spacial score (nSPS) is 12.9. The van der Waals surface area contributed by atoms with Crippen LogP contribution >= 0.6 is 0 Å². The van der Waals surface area contributed by atoms with Crippen molar-refractivity contribution in [1.29, 1.82) is 0 Å². The number of carbonyl (C=O) groups excluding carboxylic acids is 1. The summed E-state index contributed by atoms with van der Waals surface area (Å²) in [6.45, 7) is 5.44. The molecule has 0 N–H and O–H groups in total. The topological polar surface area (TPSA) is 39.2 Å². The van der Waals surface area contributed by atoms with Gasteiger partial charge in [0.15, 0.2) is 0 Å². The lowest BCUT2D eigenvalue weighted by Gasteiger charge is -2.18. The van der Waals surface area contributed by atoms with E-state index in [2.05, 4.69) is 30.1 Å². The molecule has 3 rings (SSSR count). The van der Waals surface area contributed by atoms with Gasteiger partial charge in [-0.1, -0.05) is 69.2 Å². The molecular weight excluding hydrogens is 401 g/mol. The fraction of sp³-hybridized carbons (Fsp3) is 0.357. The number of hydrogen-bond acceptors (Lipinski definition) is 3. The molecular formula is C28H32FNO2. The maximum Gasteiger partial charge on any atom is 0.348 e. The van der Waals surface area contributed by atoms with Crippen molar-refractivity contribution < 1.29 is 13.9 Å².